The molecular weight excluding hydrogens is 334 g/mol. The highest BCUT2D eigenvalue weighted by Gasteiger charge is 2.22. The molecule has 0 saturated heterocycles. The summed E-state index contributed by atoms with van der Waals surface area (Å²) in [4.78, 5) is 38.3. The lowest BCUT2D eigenvalue weighted by Gasteiger charge is -2.08. The van der Waals surface area contributed by atoms with Crippen molar-refractivity contribution in [3.63, 3.8) is 0 Å². The van der Waals surface area contributed by atoms with E-state index >= 15 is 0 Å². The minimum Gasteiger partial charge on any atom is -0.484 e. The Bertz CT molecular complexity index is 822. The zero-order valence-corrected chi connectivity index (χ0v) is 15.1. The largest absolute Gasteiger partial charge is 0.484 e. The summed E-state index contributed by atoms with van der Waals surface area (Å²) in [6.07, 6.45) is 1.46. The second-order valence-corrected chi connectivity index (χ2v) is 6.02. The zero-order chi connectivity index (χ0) is 19.3. The van der Waals surface area contributed by atoms with Crippen LogP contribution in [-0.2, 0) is 11.2 Å². The number of anilines is 1. The molecule has 0 bridgehead atoms. The monoisotopic (exact) mass is 357 g/mol. The van der Waals surface area contributed by atoms with Crippen LogP contribution in [0.4, 0.5) is 5.69 Å². The molecule has 0 fully saturated rings. The Balaban J connectivity index is 2.18. The molecule has 1 aromatic heterocycles. The van der Waals surface area contributed by atoms with E-state index in [2.05, 4.69) is 10.3 Å². The van der Waals surface area contributed by atoms with Crippen molar-refractivity contribution in [3.8, 4) is 5.75 Å². The Kier molecular flexibility index (Phi) is 6.16. The van der Waals surface area contributed by atoms with Crippen LogP contribution in [0.3, 0.4) is 0 Å². The number of hydrogen-bond acceptors (Lipinski definition) is 4. The van der Waals surface area contributed by atoms with Gasteiger partial charge < -0.3 is 20.8 Å². The maximum absolute atomic E-state index is 12.7. The molecule has 1 heterocycles. The van der Waals surface area contributed by atoms with Gasteiger partial charge in [-0.1, -0.05) is 13.3 Å². The highest BCUT2D eigenvalue weighted by Crippen LogP contribution is 2.23. The SMILES string of the molecule is CCCc1c(C(=O)Nc2ccc(OCC(N)=O)cc2)[nH]c(C)c1C(C)=O. The second-order valence-electron chi connectivity index (χ2n) is 6.02. The van der Waals surface area contributed by atoms with Crippen LogP contribution in [0, 0.1) is 6.92 Å². The predicted molar refractivity (Wildman–Crippen MR) is 98.6 cm³/mol. The summed E-state index contributed by atoms with van der Waals surface area (Å²) in [6.45, 7) is 5.08. The number of nitrogens with two attached hydrogens (primary N) is 1. The van der Waals surface area contributed by atoms with Gasteiger partial charge in [0.15, 0.2) is 12.4 Å². The molecule has 2 aromatic rings. The molecule has 0 aliphatic heterocycles. The lowest BCUT2D eigenvalue weighted by Crippen LogP contribution is -2.20. The van der Waals surface area contributed by atoms with E-state index in [1.54, 1.807) is 31.2 Å². The number of benzene rings is 1. The Morgan fingerprint density at radius 1 is 1.19 bits per heavy atom. The van der Waals surface area contributed by atoms with Crippen molar-refractivity contribution >= 4 is 23.3 Å². The number of nitrogens with one attached hydrogen (secondary N) is 2. The van der Waals surface area contributed by atoms with Gasteiger partial charge in [-0.25, -0.2) is 0 Å². The number of aryl methyl sites for hydroxylation is 1. The van der Waals surface area contributed by atoms with Crippen molar-refractivity contribution in [2.24, 2.45) is 5.73 Å². The lowest BCUT2D eigenvalue weighted by molar-refractivity contribution is -0.119. The summed E-state index contributed by atoms with van der Waals surface area (Å²) in [5.74, 6) is -0.454. The average Bonchev–Trinajstić information content (AvgIpc) is 2.91. The summed E-state index contributed by atoms with van der Waals surface area (Å²) in [5, 5.41) is 2.80. The smallest absolute Gasteiger partial charge is 0.272 e. The van der Waals surface area contributed by atoms with Crippen molar-refractivity contribution in [2.45, 2.75) is 33.6 Å². The number of H-pyrrole nitrogens is 1. The number of carbonyl (C=O) groups is 3. The third kappa shape index (κ3) is 4.50. The van der Waals surface area contributed by atoms with Crippen molar-refractivity contribution in [2.75, 3.05) is 11.9 Å². The van der Waals surface area contributed by atoms with E-state index in [9.17, 15) is 14.4 Å². The number of carbonyl (C=O) groups excluding carboxylic acids is 3. The van der Waals surface area contributed by atoms with Crippen molar-refractivity contribution in [1.82, 2.24) is 4.98 Å². The molecular formula is C19H23N3O4. The Labute approximate surface area is 151 Å². The lowest BCUT2D eigenvalue weighted by atomic mass is 10.0. The Hall–Kier alpha value is -3.09. The van der Waals surface area contributed by atoms with Crippen LogP contribution in [-0.4, -0.2) is 29.2 Å². The maximum atomic E-state index is 12.7. The van der Waals surface area contributed by atoms with Crippen LogP contribution < -0.4 is 15.8 Å². The molecule has 7 nitrogen and oxygen atoms in total. The highest BCUT2D eigenvalue weighted by molar-refractivity contribution is 6.07. The quantitative estimate of drug-likeness (QED) is 0.630. The minimum atomic E-state index is -0.561. The first-order valence-electron chi connectivity index (χ1n) is 8.38. The number of ketones is 1. The molecule has 26 heavy (non-hydrogen) atoms. The van der Waals surface area contributed by atoms with E-state index in [0.717, 1.165) is 12.0 Å². The van der Waals surface area contributed by atoms with Crippen LogP contribution in [0.2, 0.25) is 0 Å². The third-order valence-corrected chi connectivity index (χ3v) is 3.86. The molecule has 2 amide bonds. The van der Waals surface area contributed by atoms with Crippen molar-refractivity contribution < 1.29 is 19.1 Å². The van der Waals surface area contributed by atoms with Gasteiger partial charge in [-0.2, -0.15) is 0 Å². The van der Waals surface area contributed by atoms with Gasteiger partial charge in [-0.15, -0.1) is 0 Å². The van der Waals surface area contributed by atoms with Crippen LogP contribution in [0.1, 0.15) is 52.4 Å². The third-order valence-electron chi connectivity index (χ3n) is 3.86. The molecule has 1 aromatic carbocycles. The molecule has 0 unspecified atom stereocenters. The summed E-state index contributed by atoms with van der Waals surface area (Å²) in [5.41, 5.74) is 8.03. The first kappa shape index (κ1) is 19.2. The molecule has 2 rings (SSSR count). The summed E-state index contributed by atoms with van der Waals surface area (Å²) in [6, 6.07) is 6.59. The number of Topliss-reactive ketones (excluding diaryl/α,β-unsaturated/α-hetero) is 1. The first-order chi connectivity index (χ1) is 12.3. The number of rotatable bonds is 8. The molecule has 138 valence electrons. The number of ether oxygens (including phenoxy) is 1. The van der Waals surface area contributed by atoms with Gasteiger partial charge in [0.1, 0.15) is 11.4 Å². The van der Waals surface area contributed by atoms with Gasteiger partial charge in [-0.3, -0.25) is 14.4 Å². The fourth-order valence-electron chi connectivity index (χ4n) is 2.83. The van der Waals surface area contributed by atoms with E-state index in [1.165, 1.54) is 6.92 Å². The first-order valence-corrected chi connectivity index (χ1v) is 8.38. The van der Waals surface area contributed by atoms with Crippen LogP contribution >= 0.6 is 0 Å². The highest BCUT2D eigenvalue weighted by atomic mass is 16.5. The Morgan fingerprint density at radius 3 is 2.38 bits per heavy atom. The molecule has 7 heteroatoms. The van der Waals surface area contributed by atoms with E-state index in [0.29, 0.717) is 34.8 Å². The minimum absolute atomic E-state index is 0.0581. The van der Waals surface area contributed by atoms with E-state index in [4.69, 9.17) is 10.5 Å². The summed E-state index contributed by atoms with van der Waals surface area (Å²) in [7, 11) is 0. The number of amides is 2. The van der Waals surface area contributed by atoms with Crippen LogP contribution in [0.5, 0.6) is 5.75 Å². The number of aromatic nitrogens is 1. The topological polar surface area (TPSA) is 114 Å². The van der Waals surface area contributed by atoms with Gasteiger partial charge in [0.05, 0.1) is 0 Å². The molecule has 0 aliphatic rings. The zero-order valence-electron chi connectivity index (χ0n) is 15.1. The molecule has 0 radical (unpaired) electrons. The van der Waals surface area contributed by atoms with Crippen LogP contribution in [0.25, 0.3) is 0 Å². The summed E-state index contributed by atoms with van der Waals surface area (Å²) < 4.78 is 5.18. The molecule has 0 atom stereocenters. The van der Waals surface area contributed by atoms with Crippen molar-refractivity contribution in [3.05, 3.63) is 46.8 Å². The van der Waals surface area contributed by atoms with Gasteiger partial charge in [-0.05, 0) is 50.1 Å². The van der Waals surface area contributed by atoms with Gasteiger partial charge in [0, 0.05) is 16.9 Å². The van der Waals surface area contributed by atoms with Crippen LogP contribution in [0.15, 0.2) is 24.3 Å². The van der Waals surface area contributed by atoms with Gasteiger partial charge >= 0.3 is 0 Å². The normalized spacial score (nSPS) is 10.4. The molecule has 0 spiro atoms. The van der Waals surface area contributed by atoms with Crippen molar-refractivity contribution in [1.29, 1.82) is 0 Å². The molecule has 0 saturated carbocycles. The number of aromatic amines is 1. The summed E-state index contributed by atoms with van der Waals surface area (Å²) >= 11 is 0. The Morgan fingerprint density at radius 2 is 1.85 bits per heavy atom. The van der Waals surface area contributed by atoms with E-state index in [-0.39, 0.29) is 18.3 Å². The fraction of sp³-hybridized carbons (Fsp3) is 0.316. The maximum Gasteiger partial charge on any atom is 0.272 e. The van der Waals surface area contributed by atoms with E-state index in [1.807, 2.05) is 6.92 Å². The fourth-order valence-corrected chi connectivity index (χ4v) is 2.83. The second kappa shape index (κ2) is 8.33. The molecule has 4 N–H and O–H groups in total. The number of hydrogen-bond donors (Lipinski definition) is 3. The van der Waals surface area contributed by atoms with E-state index < -0.39 is 5.91 Å². The van der Waals surface area contributed by atoms with Gasteiger partial charge in [0.2, 0.25) is 0 Å². The predicted octanol–water partition coefficient (Wildman–Crippen LogP) is 2.59. The van der Waals surface area contributed by atoms with Gasteiger partial charge in [0.25, 0.3) is 11.8 Å². The number of primary amides is 1. The standard InChI is InChI=1S/C19H23N3O4/c1-4-5-15-17(12(3)23)11(2)21-18(15)19(25)22-13-6-8-14(9-7-13)26-10-16(20)24/h6-9,21H,4-5,10H2,1-3H3,(H2,20,24)(H,22,25). The molecule has 0 aliphatic carbocycles. The average molecular weight is 357 g/mol.